The Morgan fingerprint density at radius 1 is 1.40 bits per heavy atom. The van der Waals surface area contributed by atoms with Crippen molar-refractivity contribution in [3.8, 4) is 5.75 Å². The van der Waals surface area contributed by atoms with Crippen LogP contribution in [0.15, 0.2) is 18.5 Å². The van der Waals surface area contributed by atoms with Crippen LogP contribution in [0.5, 0.6) is 5.75 Å². The minimum atomic E-state index is 0.445. The smallest absolute Gasteiger partial charge is 0.137 e. The molecule has 84 valence electrons. The molecule has 0 aliphatic carbocycles. The topological polar surface area (TPSA) is 22.1 Å². The lowest BCUT2D eigenvalue weighted by Crippen LogP contribution is -2.05. The molecule has 0 saturated heterocycles. The Labute approximate surface area is 100 Å². The van der Waals surface area contributed by atoms with Crippen molar-refractivity contribution < 1.29 is 4.74 Å². The van der Waals surface area contributed by atoms with Gasteiger partial charge in [0.05, 0.1) is 12.8 Å². The van der Waals surface area contributed by atoms with E-state index in [4.69, 9.17) is 4.74 Å². The van der Waals surface area contributed by atoms with Crippen LogP contribution >= 0.6 is 15.9 Å². The van der Waals surface area contributed by atoms with Crippen LogP contribution in [0, 0.1) is 0 Å². The Bertz CT molecular complexity index is 301. The first-order valence-electron chi connectivity index (χ1n) is 5.37. The van der Waals surface area contributed by atoms with E-state index >= 15 is 0 Å². The fourth-order valence-electron chi connectivity index (χ4n) is 1.25. The first-order chi connectivity index (χ1) is 7.15. The van der Waals surface area contributed by atoms with E-state index in [0.717, 1.165) is 18.8 Å². The SMILES string of the molecule is CCCOc1cncc(C(C)C(C)Br)c1. The van der Waals surface area contributed by atoms with Gasteiger partial charge in [-0.1, -0.05) is 36.7 Å². The highest BCUT2D eigenvalue weighted by atomic mass is 79.9. The summed E-state index contributed by atoms with van der Waals surface area (Å²) in [7, 11) is 0. The maximum absolute atomic E-state index is 5.55. The van der Waals surface area contributed by atoms with Crippen molar-refractivity contribution in [2.45, 2.75) is 37.9 Å². The molecule has 1 aromatic rings. The molecule has 0 bridgehead atoms. The quantitative estimate of drug-likeness (QED) is 0.761. The Morgan fingerprint density at radius 2 is 2.13 bits per heavy atom. The number of rotatable bonds is 5. The molecule has 1 aromatic heterocycles. The summed E-state index contributed by atoms with van der Waals surface area (Å²) >= 11 is 3.59. The first-order valence-corrected chi connectivity index (χ1v) is 6.28. The number of hydrogen-bond donors (Lipinski definition) is 0. The molecule has 0 amide bonds. The minimum absolute atomic E-state index is 0.445. The third-order valence-electron chi connectivity index (χ3n) is 2.42. The molecule has 2 unspecified atom stereocenters. The van der Waals surface area contributed by atoms with E-state index in [-0.39, 0.29) is 0 Å². The van der Waals surface area contributed by atoms with Crippen LogP contribution in [0.25, 0.3) is 0 Å². The van der Waals surface area contributed by atoms with Gasteiger partial charge in [-0.25, -0.2) is 0 Å². The van der Waals surface area contributed by atoms with E-state index in [1.807, 2.05) is 6.20 Å². The molecule has 0 spiro atoms. The highest BCUT2D eigenvalue weighted by Crippen LogP contribution is 2.25. The second kappa shape index (κ2) is 6.11. The highest BCUT2D eigenvalue weighted by Gasteiger charge is 2.12. The number of hydrogen-bond acceptors (Lipinski definition) is 2. The highest BCUT2D eigenvalue weighted by molar-refractivity contribution is 9.09. The zero-order valence-electron chi connectivity index (χ0n) is 9.53. The maximum Gasteiger partial charge on any atom is 0.137 e. The fourth-order valence-corrected chi connectivity index (χ4v) is 1.55. The molecule has 15 heavy (non-hydrogen) atoms. The van der Waals surface area contributed by atoms with Gasteiger partial charge in [-0.15, -0.1) is 0 Å². The van der Waals surface area contributed by atoms with E-state index in [9.17, 15) is 0 Å². The van der Waals surface area contributed by atoms with E-state index in [1.54, 1.807) is 6.20 Å². The summed E-state index contributed by atoms with van der Waals surface area (Å²) in [6, 6.07) is 2.07. The van der Waals surface area contributed by atoms with Gasteiger partial charge in [-0.05, 0) is 24.0 Å². The van der Waals surface area contributed by atoms with Crippen LogP contribution in [-0.2, 0) is 0 Å². The van der Waals surface area contributed by atoms with Crippen molar-refractivity contribution in [3.05, 3.63) is 24.0 Å². The van der Waals surface area contributed by atoms with Crippen LogP contribution in [-0.4, -0.2) is 16.4 Å². The van der Waals surface area contributed by atoms with Crippen molar-refractivity contribution in [3.63, 3.8) is 0 Å². The number of alkyl halides is 1. The fraction of sp³-hybridized carbons (Fsp3) is 0.583. The summed E-state index contributed by atoms with van der Waals surface area (Å²) < 4.78 is 5.55. The largest absolute Gasteiger partial charge is 0.492 e. The van der Waals surface area contributed by atoms with Gasteiger partial charge >= 0.3 is 0 Å². The molecule has 2 atom stereocenters. The molecule has 0 aliphatic heterocycles. The second-order valence-corrected chi connectivity index (χ2v) is 5.21. The van der Waals surface area contributed by atoms with E-state index in [0.29, 0.717) is 10.7 Å². The Morgan fingerprint density at radius 3 is 2.73 bits per heavy atom. The monoisotopic (exact) mass is 271 g/mol. The molecule has 2 nitrogen and oxygen atoms in total. The first kappa shape index (κ1) is 12.5. The van der Waals surface area contributed by atoms with Crippen molar-refractivity contribution in [2.75, 3.05) is 6.61 Å². The van der Waals surface area contributed by atoms with Crippen LogP contribution in [0.2, 0.25) is 0 Å². The maximum atomic E-state index is 5.55. The van der Waals surface area contributed by atoms with Crippen molar-refractivity contribution in [1.29, 1.82) is 0 Å². The summed E-state index contributed by atoms with van der Waals surface area (Å²) in [6.07, 6.45) is 4.70. The van der Waals surface area contributed by atoms with Gasteiger partial charge in [0, 0.05) is 11.0 Å². The third-order valence-corrected chi connectivity index (χ3v) is 3.21. The van der Waals surface area contributed by atoms with E-state index in [1.165, 1.54) is 5.56 Å². The lowest BCUT2D eigenvalue weighted by Gasteiger charge is -2.15. The summed E-state index contributed by atoms with van der Waals surface area (Å²) in [5.74, 6) is 1.32. The Kier molecular flexibility index (Phi) is 5.09. The Balaban J connectivity index is 2.73. The lowest BCUT2D eigenvalue weighted by molar-refractivity contribution is 0.315. The molecule has 0 N–H and O–H groups in total. The summed E-state index contributed by atoms with van der Waals surface area (Å²) in [5.41, 5.74) is 1.22. The summed E-state index contributed by atoms with van der Waals surface area (Å²) in [4.78, 5) is 4.64. The van der Waals surface area contributed by atoms with Crippen molar-refractivity contribution >= 4 is 15.9 Å². The molecule has 0 fully saturated rings. The molecular formula is C12H18BrNO. The molecule has 3 heteroatoms. The van der Waals surface area contributed by atoms with Gasteiger partial charge in [0.2, 0.25) is 0 Å². The van der Waals surface area contributed by atoms with Crippen molar-refractivity contribution in [2.24, 2.45) is 0 Å². The van der Waals surface area contributed by atoms with Gasteiger partial charge in [-0.3, -0.25) is 4.98 Å². The average molecular weight is 272 g/mol. The van der Waals surface area contributed by atoms with Gasteiger partial charge < -0.3 is 4.74 Å². The molecule has 1 heterocycles. The van der Waals surface area contributed by atoms with Gasteiger partial charge in [0.1, 0.15) is 5.75 Å². The lowest BCUT2D eigenvalue weighted by atomic mass is 10.0. The normalized spacial score (nSPS) is 14.7. The number of halogens is 1. The van der Waals surface area contributed by atoms with E-state index < -0.39 is 0 Å². The summed E-state index contributed by atoms with van der Waals surface area (Å²) in [6.45, 7) is 7.17. The predicted octanol–water partition coefficient (Wildman–Crippen LogP) is 3.76. The number of aromatic nitrogens is 1. The van der Waals surface area contributed by atoms with Crippen LogP contribution in [0.4, 0.5) is 0 Å². The Hall–Kier alpha value is -0.570. The van der Waals surface area contributed by atoms with Crippen molar-refractivity contribution in [1.82, 2.24) is 4.98 Å². The minimum Gasteiger partial charge on any atom is -0.492 e. The van der Waals surface area contributed by atoms with E-state index in [2.05, 4.69) is 47.8 Å². The molecule has 0 aliphatic rings. The molecule has 0 aromatic carbocycles. The summed E-state index contributed by atoms with van der Waals surface area (Å²) in [5, 5.41) is 0. The van der Waals surface area contributed by atoms with Gasteiger partial charge in [-0.2, -0.15) is 0 Å². The van der Waals surface area contributed by atoms with Gasteiger partial charge in [0.15, 0.2) is 0 Å². The number of nitrogens with zero attached hydrogens (tertiary/aromatic N) is 1. The third kappa shape index (κ3) is 3.82. The standard InChI is InChI=1S/C12H18BrNO/c1-4-5-15-12-6-11(7-14-8-12)9(2)10(3)13/h6-10H,4-5H2,1-3H3. The van der Waals surface area contributed by atoms with Gasteiger partial charge in [0.25, 0.3) is 0 Å². The molecule has 0 saturated carbocycles. The average Bonchev–Trinajstić information content (AvgIpc) is 2.25. The number of pyridine rings is 1. The molecule has 1 rings (SSSR count). The number of ether oxygens (including phenoxy) is 1. The molecule has 0 radical (unpaired) electrons. The predicted molar refractivity (Wildman–Crippen MR) is 66.8 cm³/mol. The van der Waals surface area contributed by atoms with Crippen LogP contribution < -0.4 is 4.74 Å². The molecular weight excluding hydrogens is 254 g/mol. The second-order valence-electron chi connectivity index (χ2n) is 3.77. The zero-order chi connectivity index (χ0) is 11.3. The van der Waals surface area contributed by atoms with Crippen LogP contribution in [0.3, 0.4) is 0 Å². The van der Waals surface area contributed by atoms with Crippen LogP contribution in [0.1, 0.15) is 38.7 Å². The zero-order valence-corrected chi connectivity index (χ0v) is 11.1.